The summed E-state index contributed by atoms with van der Waals surface area (Å²) in [5, 5.41) is 0. The van der Waals surface area contributed by atoms with E-state index in [0.29, 0.717) is 37.2 Å². The third kappa shape index (κ3) is 4.03. The Labute approximate surface area is 185 Å². The third-order valence-corrected chi connectivity index (χ3v) is 9.32. The monoisotopic (exact) mass is 446 g/mol. The van der Waals surface area contributed by atoms with Crippen molar-refractivity contribution in [3.63, 3.8) is 0 Å². The summed E-state index contributed by atoms with van der Waals surface area (Å²) in [5.74, 6) is 1.90. The van der Waals surface area contributed by atoms with Crippen LogP contribution in [0.3, 0.4) is 0 Å². The zero-order valence-corrected chi connectivity index (χ0v) is 19.3. The lowest BCUT2D eigenvalue weighted by Crippen LogP contribution is -2.46. The molecule has 1 aromatic carbocycles. The Hall–Kier alpha value is -1.48. The lowest BCUT2D eigenvalue weighted by Gasteiger charge is -2.44. The van der Waals surface area contributed by atoms with Crippen molar-refractivity contribution < 1.29 is 13.2 Å². The van der Waals surface area contributed by atoms with E-state index in [4.69, 9.17) is 9.72 Å². The quantitative estimate of drug-likeness (QED) is 0.705. The summed E-state index contributed by atoms with van der Waals surface area (Å²) in [6.07, 6.45) is 8.03. The lowest BCUT2D eigenvalue weighted by molar-refractivity contribution is 0.0520. The Bertz CT molecular complexity index is 1030. The predicted molar refractivity (Wildman–Crippen MR) is 120 cm³/mol. The summed E-state index contributed by atoms with van der Waals surface area (Å²) in [5.41, 5.74) is 1.80. The Morgan fingerprint density at radius 3 is 2.65 bits per heavy atom. The molecule has 3 aliphatic rings. The van der Waals surface area contributed by atoms with Gasteiger partial charge in [0, 0.05) is 25.7 Å². The lowest BCUT2D eigenvalue weighted by atomic mass is 9.78. The van der Waals surface area contributed by atoms with Gasteiger partial charge in [0.15, 0.2) is 0 Å². The average molecular weight is 447 g/mol. The highest BCUT2D eigenvalue weighted by atomic mass is 32.2. The molecule has 1 aromatic heterocycles. The number of hydrogen-bond acceptors (Lipinski definition) is 5. The van der Waals surface area contributed by atoms with Gasteiger partial charge in [0.25, 0.3) is 0 Å². The summed E-state index contributed by atoms with van der Waals surface area (Å²) in [4.78, 5) is 7.93. The van der Waals surface area contributed by atoms with Crippen LogP contribution in [-0.4, -0.2) is 66.1 Å². The van der Waals surface area contributed by atoms with Crippen LogP contribution in [0.25, 0.3) is 11.0 Å². The number of imidazole rings is 1. The van der Waals surface area contributed by atoms with Crippen molar-refractivity contribution in [2.24, 2.45) is 5.92 Å². The van der Waals surface area contributed by atoms with E-state index >= 15 is 0 Å². The number of morpholine rings is 1. The smallest absolute Gasteiger partial charge is 0.243 e. The largest absolute Gasteiger partial charge is 0.379 e. The first-order valence-corrected chi connectivity index (χ1v) is 13.3. The zero-order chi connectivity index (χ0) is 21.4. The fourth-order valence-corrected chi connectivity index (χ4v) is 7.26. The van der Waals surface area contributed by atoms with E-state index in [2.05, 4.69) is 16.4 Å². The molecule has 3 fully saturated rings. The van der Waals surface area contributed by atoms with Gasteiger partial charge in [0.1, 0.15) is 5.82 Å². The first-order chi connectivity index (χ1) is 15.1. The molecule has 0 spiro atoms. The molecule has 0 N–H and O–H groups in total. The molecule has 1 aliphatic carbocycles. The minimum absolute atomic E-state index is 0.333. The molecule has 0 unspecified atom stereocenters. The van der Waals surface area contributed by atoms with E-state index < -0.39 is 10.0 Å². The first kappa shape index (κ1) is 21.4. The molecule has 2 aromatic rings. The Morgan fingerprint density at radius 1 is 1.06 bits per heavy atom. The summed E-state index contributed by atoms with van der Waals surface area (Å²) in [6.45, 7) is 6.70. The van der Waals surface area contributed by atoms with Crippen LogP contribution < -0.4 is 0 Å². The van der Waals surface area contributed by atoms with Crippen LogP contribution in [-0.2, 0) is 27.8 Å². The van der Waals surface area contributed by atoms with Crippen LogP contribution >= 0.6 is 0 Å². The van der Waals surface area contributed by atoms with Gasteiger partial charge in [-0.1, -0.05) is 12.8 Å². The van der Waals surface area contributed by atoms with Gasteiger partial charge in [-0.3, -0.25) is 4.90 Å². The fourth-order valence-electron chi connectivity index (χ4n) is 5.84. The van der Waals surface area contributed by atoms with E-state index in [1.54, 1.807) is 12.1 Å². The number of hydrogen-bond donors (Lipinski definition) is 0. The summed E-state index contributed by atoms with van der Waals surface area (Å²) < 4.78 is 35.3. The maximum Gasteiger partial charge on any atom is 0.243 e. The van der Waals surface area contributed by atoms with Crippen LogP contribution in [0.15, 0.2) is 23.1 Å². The van der Waals surface area contributed by atoms with Crippen molar-refractivity contribution >= 4 is 21.1 Å². The van der Waals surface area contributed by atoms with Crippen molar-refractivity contribution in [2.75, 3.05) is 32.8 Å². The highest BCUT2D eigenvalue weighted by molar-refractivity contribution is 7.89. The summed E-state index contributed by atoms with van der Waals surface area (Å²) >= 11 is 0. The van der Waals surface area contributed by atoms with Gasteiger partial charge in [-0.15, -0.1) is 0 Å². The number of likely N-dealkylation sites (tertiary alicyclic amines) is 1. The Balaban J connectivity index is 1.44. The second-order valence-corrected chi connectivity index (χ2v) is 11.1. The molecule has 3 heterocycles. The normalized spacial score (nSPS) is 26.2. The summed E-state index contributed by atoms with van der Waals surface area (Å²) in [6, 6.07) is 6.12. The second-order valence-electron chi connectivity index (χ2n) is 9.16. The highest BCUT2D eigenvalue weighted by Gasteiger charge is 2.34. The van der Waals surface area contributed by atoms with Gasteiger partial charge in [0.2, 0.25) is 10.0 Å². The van der Waals surface area contributed by atoms with Crippen LogP contribution in [0.4, 0.5) is 0 Å². The number of aromatic nitrogens is 2. The first-order valence-electron chi connectivity index (χ1n) is 11.9. The predicted octanol–water partition coefficient (Wildman–Crippen LogP) is 3.23. The second kappa shape index (κ2) is 8.81. The minimum atomic E-state index is -3.51. The molecule has 0 amide bonds. The van der Waals surface area contributed by atoms with Crippen LogP contribution in [0.1, 0.15) is 51.3 Å². The van der Waals surface area contributed by atoms with E-state index in [0.717, 1.165) is 42.4 Å². The van der Waals surface area contributed by atoms with Crippen molar-refractivity contribution in [3.8, 4) is 0 Å². The summed E-state index contributed by atoms with van der Waals surface area (Å²) in [7, 11) is -3.51. The number of nitrogens with zero attached hydrogens (tertiary/aromatic N) is 4. The molecule has 2 aliphatic heterocycles. The van der Waals surface area contributed by atoms with Crippen LogP contribution in [0.2, 0.25) is 0 Å². The number of aryl methyl sites for hydroxylation is 1. The molecule has 5 rings (SSSR count). The van der Waals surface area contributed by atoms with E-state index in [-0.39, 0.29) is 0 Å². The van der Waals surface area contributed by atoms with Crippen molar-refractivity contribution in [3.05, 3.63) is 24.0 Å². The number of ether oxygens (including phenoxy) is 1. The maximum atomic E-state index is 13.1. The SMILES string of the molecule is CCn1c(CN2CCC[C@@H]3CCCC[C@H]32)nc2cc(S(=O)(=O)N3CCOCC3)ccc21. The fraction of sp³-hybridized carbons (Fsp3) is 0.696. The Morgan fingerprint density at radius 2 is 1.84 bits per heavy atom. The van der Waals surface area contributed by atoms with Gasteiger partial charge in [-0.2, -0.15) is 4.31 Å². The topological polar surface area (TPSA) is 67.7 Å². The number of fused-ring (bicyclic) bond motifs is 2. The van der Waals surface area contributed by atoms with Crippen LogP contribution in [0.5, 0.6) is 0 Å². The number of benzene rings is 1. The van der Waals surface area contributed by atoms with Gasteiger partial charge in [-0.25, -0.2) is 13.4 Å². The third-order valence-electron chi connectivity index (χ3n) is 7.43. The minimum Gasteiger partial charge on any atom is -0.379 e. The van der Waals surface area contributed by atoms with Gasteiger partial charge < -0.3 is 9.30 Å². The van der Waals surface area contributed by atoms with Crippen molar-refractivity contribution in [2.45, 2.75) is 69.5 Å². The Kier molecular flexibility index (Phi) is 6.07. The van der Waals surface area contributed by atoms with E-state index in [1.807, 2.05) is 6.07 Å². The number of sulfonamides is 1. The average Bonchev–Trinajstić information content (AvgIpc) is 3.16. The van der Waals surface area contributed by atoms with Gasteiger partial charge in [-0.05, 0) is 63.3 Å². The van der Waals surface area contributed by atoms with E-state index in [9.17, 15) is 8.42 Å². The van der Waals surface area contributed by atoms with Crippen LogP contribution in [0, 0.1) is 5.92 Å². The molecule has 7 nitrogen and oxygen atoms in total. The maximum absolute atomic E-state index is 13.1. The molecule has 1 saturated carbocycles. The van der Waals surface area contributed by atoms with E-state index in [1.165, 1.54) is 42.8 Å². The number of rotatable bonds is 5. The molecule has 0 radical (unpaired) electrons. The molecule has 2 saturated heterocycles. The molecule has 31 heavy (non-hydrogen) atoms. The van der Waals surface area contributed by atoms with Crippen molar-refractivity contribution in [1.82, 2.24) is 18.8 Å². The molecular formula is C23H34N4O3S. The molecular weight excluding hydrogens is 412 g/mol. The molecule has 0 bridgehead atoms. The van der Waals surface area contributed by atoms with Crippen molar-refractivity contribution in [1.29, 1.82) is 0 Å². The van der Waals surface area contributed by atoms with Gasteiger partial charge in [0.05, 0.1) is 35.7 Å². The molecule has 2 atom stereocenters. The highest BCUT2D eigenvalue weighted by Crippen LogP contribution is 2.36. The molecule has 8 heteroatoms. The number of piperidine rings is 1. The van der Waals surface area contributed by atoms with Gasteiger partial charge >= 0.3 is 0 Å². The zero-order valence-electron chi connectivity index (χ0n) is 18.5. The standard InChI is InChI=1S/C23H34N4O3S/c1-2-27-22-10-9-19(31(28,29)26-12-14-30-15-13-26)16-20(22)24-23(27)17-25-11-5-7-18-6-3-4-8-21(18)25/h9-10,16,18,21H,2-8,11-15,17H2,1H3/t18-,21+/m0/s1. The molecule has 170 valence electrons.